The van der Waals surface area contributed by atoms with Gasteiger partial charge in [0.25, 0.3) is 5.91 Å². The molecule has 0 aliphatic carbocycles. The first-order chi connectivity index (χ1) is 12.4. The van der Waals surface area contributed by atoms with Crippen molar-refractivity contribution in [2.24, 2.45) is 4.99 Å². The van der Waals surface area contributed by atoms with Crippen molar-refractivity contribution in [3.05, 3.63) is 35.4 Å². The highest BCUT2D eigenvalue weighted by Gasteiger charge is 2.12. The Balaban J connectivity index is 0.00000676. The maximum Gasteiger partial charge on any atom is 0.251 e. The standard InChI is InChI=1S/C20H35N5O.HI/c1-15(2)25(16(3)4)13-7-12-23-20(22-6)24-14-17-8-10-18(11-9-17)19(26)21-5;/h8-11,15-16H,7,12-14H2,1-6H3,(H,21,26)(H2,22,23,24);1H. The number of nitrogens with one attached hydrogen (secondary N) is 3. The van der Waals surface area contributed by atoms with Crippen LogP contribution in [0.5, 0.6) is 0 Å². The summed E-state index contributed by atoms with van der Waals surface area (Å²) in [5.41, 5.74) is 1.77. The highest BCUT2D eigenvalue weighted by molar-refractivity contribution is 14.0. The second-order valence-electron chi connectivity index (χ2n) is 6.91. The minimum absolute atomic E-state index is 0. The fourth-order valence-corrected chi connectivity index (χ4v) is 2.91. The third kappa shape index (κ3) is 9.41. The molecule has 0 atom stereocenters. The van der Waals surface area contributed by atoms with Gasteiger partial charge in [0.05, 0.1) is 0 Å². The number of carbonyl (C=O) groups is 1. The highest BCUT2D eigenvalue weighted by Crippen LogP contribution is 2.06. The van der Waals surface area contributed by atoms with Crippen molar-refractivity contribution in [3.8, 4) is 0 Å². The Bertz CT molecular complexity index is 564. The maximum atomic E-state index is 11.6. The summed E-state index contributed by atoms with van der Waals surface area (Å²) < 4.78 is 0. The molecule has 0 bridgehead atoms. The molecule has 0 aliphatic rings. The van der Waals surface area contributed by atoms with E-state index in [1.807, 2.05) is 24.3 Å². The van der Waals surface area contributed by atoms with E-state index in [-0.39, 0.29) is 29.9 Å². The number of nitrogens with zero attached hydrogens (tertiary/aromatic N) is 2. The van der Waals surface area contributed by atoms with E-state index in [4.69, 9.17) is 0 Å². The third-order valence-corrected chi connectivity index (χ3v) is 4.34. The maximum absolute atomic E-state index is 11.6. The topological polar surface area (TPSA) is 68.8 Å². The molecular weight excluding hydrogens is 453 g/mol. The summed E-state index contributed by atoms with van der Waals surface area (Å²) in [5.74, 6) is 0.722. The molecule has 0 saturated heterocycles. The molecule has 1 aromatic rings. The molecule has 0 unspecified atom stereocenters. The lowest BCUT2D eigenvalue weighted by Crippen LogP contribution is -2.41. The zero-order chi connectivity index (χ0) is 19.5. The van der Waals surface area contributed by atoms with Gasteiger partial charge in [0.2, 0.25) is 0 Å². The van der Waals surface area contributed by atoms with E-state index < -0.39 is 0 Å². The van der Waals surface area contributed by atoms with Gasteiger partial charge in [-0.3, -0.25) is 14.7 Å². The van der Waals surface area contributed by atoms with Crippen LogP contribution in [0.3, 0.4) is 0 Å². The predicted octanol–water partition coefficient (Wildman–Crippen LogP) is 2.84. The molecule has 0 radical (unpaired) electrons. The van der Waals surface area contributed by atoms with Gasteiger partial charge >= 0.3 is 0 Å². The molecule has 1 rings (SSSR count). The van der Waals surface area contributed by atoms with E-state index >= 15 is 0 Å². The van der Waals surface area contributed by atoms with Crippen molar-refractivity contribution in [2.75, 3.05) is 27.2 Å². The Morgan fingerprint density at radius 2 is 1.67 bits per heavy atom. The van der Waals surface area contributed by atoms with Crippen LogP contribution in [0.4, 0.5) is 0 Å². The quantitative estimate of drug-likeness (QED) is 0.216. The number of guanidine groups is 1. The molecule has 3 N–H and O–H groups in total. The van der Waals surface area contributed by atoms with E-state index in [0.29, 0.717) is 24.2 Å². The van der Waals surface area contributed by atoms with Gasteiger partial charge in [-0.25, -0.2) is 0 Å². The van der Waals surface area contributed by atoms with E-state index in [9.17, 15) is 4.79 Å². The van der Waals surface area contributed by atoms with Gasteiger partial charge in [0.15, 0.2) is 5.96 Å². The Morgan fingerprint density at radius 1 is 1.07 bits per heavy atom. The molecule has 0 fully saturated rings. The largest absolute Gasteiger partial charge is 0.356 e. The predicted molar refractivity (Wildman–Crippen MR) is 125 cm³/mol. The minimum Gasteiger partial charge on any atom is -0.356 e. The van der Waals surface area contributed by atoms with Crippen LogP contribution in [0.1, 0.15) is 50.0 Å². The molecule has 1 aromatic carbocycles. The Hall–Kier alpha value is -1.35. The van der Waals surface area contributed by atoms with Gasteiger partial charge in [-0.15, -0.1) is 24.0 Å². The number of amides is 1. The van der Waals surface area contributed by atoms with Crippen molar-refractivity contribution in [1.82, 2.24) is 20.9 Å². The number of hydrogen-bond donors (Lipinski definition) is 3. The molecule has 7 heteroatoms. The van der Waals surface area contributed by atoms with E-state index in [0.717, 1.165) is 31.0 Å². The summed E-state index contributed by atoms with van der Waals surface area (Å²) in [6.45, 7) is 11.6. The number of hydrogen-bond acceptors (Lipinski definition) is 3. The van der Waals surface area contributed by atoms with Crippen molar-refractivity contribution < 1.29 is 4.79 Å². The second kappa shape index (κ2) is 13.8. The van der Waals surface area contributed by atoms with Gasteiger partial charge in [-0.2, -0.15) is 0 Å². The first kappa shape index (κ1) is 25.6. The molecule has 0 saturated carbocycles. The summed E-state index contributed by atoms with van der Waals surface area (Å²) in [6, 6.07) is 8.69. The van der Waals surface area contributed by atoms with Crippen LogP contribution in [-0.2, 0) is 6.54 Å². The van der Waals surface area contributed by atoms with Crippen molar-refractivity contribution in [3.63, 3.8) is 0 Å². The lowest BCUT2D eigenvalue weighted by molar-refractivity contribution is 0.0963. The van der Waals surface area contributed by atoms with Crippen LogP contribution in [0.2, 0.25) is 0 Å². The lowest BCUT2D eigenvalue weighted by Gasteiger charge is -2.30. The van der Waals surface area contributed by atoms with Crippen LogP contribution in [0.15, 0.2) is 29.3 Å². The lowest BCUT2D eigenvalue weighted by atomic mass is 10.1. The molecule has 0 spiro atoms. The van der Waals surface area contributed by atoms with Crippen LogP contribution in [0.25, 0.3) is 0 Å². The Labute approximate surface area is 181 Å². The second-order valence-corrected chi connectivity index (χ2v) is 6.91. The monoisotopic (exact) mass is 489 g/mol. The van der Waals surface area contributed by atoms with Gasteiger partial charge in [-0.05, 0) is 51.8 Å². The summed E-state index contributed by atoms with van der Waals surface area (Å²) in [7, 11) is 3.41. The van der Waals surface area contributed by atoms with Crippen LogP contribution >= 0.6 is 24.0 Å². The summed E-state index contributed by atoms with van der Waals surface area (Å²) in [4.78, 5) is 18.3. The van der Waals surface area contributed by atoms with Gasteiger partial charge in [0.1, 0.15) is 0 Å². The summed E-state index contributed by atoms with van der Waals surface area (Å²) in [6.07, 6.45) is 1.07. The Kier molecular flexibility index (Phi) is 13.1. The van der Waals surface area contributed by atoms with Gasteiger partial charge in [0, 0.05) is 51.4 Å². The fourth-order valence-electron chi connectivity index (χ4n) is 2.91. The van der Waals surface area contributed by atoms with Crippen LogP contribution < -0.4 is 16.0 Å². The minimum atomic E-state index is -0.0705. The first-order valence-corrected chi connectivity index (χ1v) is 9.40. The van der Waals surface area contributed by atoms with Crippen molar-refractivity contribution in [2.45, 2.75) is 52.7 Å². The molecule has 27 heavy (non-hydrogen) atoms. The van der Waals surface area contributed by atoms with Crippen LogP contribution in [-0.4, -0.2) is 56.0 Å². The molecular formula is C20H36IN5O. The smallest absolute Gasteiger partial charge is 0.251 e. The molecule has 0 heterocycles. The van der Waals surface area contributed by atoms with Crippen molar-refractivity contribution >= 4 is 35.8 Å². The molecule has 0 aromatic heterocycles. The van der Waals surface area contributed by atoms with Gasteiger partial charge < -0.3 is 16.0 Å². The molecule has 1 amide bonds. The average Bonchev–Trinajstić information content (AvgIpc) is 2.63. The number of aliphatic imine (C=N–C) groups is 1. The fraction of sp³-hybridized carbons (Fsp3) is 0.600. The van der Waals surface area contributed by atoms with E-state index in [1.165, 1.54) is 0 Å². The number of benzene rings is 1. The first-order valence-electron chi connectivity index (χ1n) is 9.40. The number of rotatable bonds is 9. The number of halogens is 1. The average molecular weight is 489 g/mol. The van der Waals surface area contributed by atoms with E-state index in [1.54, 1.807) is 14.1 Å². The summed E-state index contributed by atoms with van der Waals surface area (Å²) in [5, 5.41) is 9.29. The highest BCUT2D eigenvalue weighted by atomic mass is 127. The molecule has 154 valence electrons. The third-order valence-electron chi connectivity index (χ3n) is 4.34. The van der Waals surface area contributed by atoms with Gasteiger partial charge in [-0.1, -0.05) is 12.1 Å². The van der Waals surface area contributed by atoms with Crippen LogP contribution in [0, 0.1) is 0 Å². The normalized spacial score (nSPS) is 11.5. The summed E-state index contributed by atoms with van der Waals surface area (Å²) >= 11 is 0. The van der Waals surface area contributed by atoms with E-state index in [2.05, 4.69) is 53.5 Å². The zero-order valence-corrected chi connectivity index (χ0v) is 19.8. The molecule has 0 aliphatic heterocycles. The molecule has 6 nitrogen and oxygen atoms in total. The zero-order valence-electron chi connectivity index (χ0n) is 17.5. The SMILES string of the molecule is CN=C(NCCCN(C(C)C)C(C)C)NCc1ccc(C(=O)NC)cc1.I. The Morgan fingerprint density at radius 3 is 2.15 bits per heavy atom. The van der Waals surface area contributed by atoms with Crippen molar-refractivity contribution in [1.29, 1.82) is 0 Å². The number of carbonyl (C=O) groups excluding carboxylic acids is 1.